The summed E-state index contributed by atoms with van der Waals surface area (Å²) >= 11 is 3.04. The van der Waals surface area contributed by atoms with Gasteiger partial charge in [0.15, 0.2) is 16.0 Å². The molecule has 2 aliphatic rings. The first-order valence-corrected chi connectivity index (χ1v) is 13.6. The lowest BCUT2D eigenvalue weighted by atomic mass is 10.2. The zero-order valence-corrected chi connectivity index (χ0v) is 22.0. The Hall–Kier alpha value is -2.70. The summed E-state index contributed by atoms with van der Waals surface area (Å²) < 4.78 is 7.75. The average molecular weight is 518 g/mol. The van der Waals surface area contributed by atoms with Crippen LogP contribution in [0.2, 0.25) is 0 Å². The molecule has 2 aromatic heterocycles. The summed E-state index contributed by atoms with van der Waals surface area (Å²) in [6.45, 7) is 7.50. The zero-order valence-electron chi connectivity index (χ0n) is 20.3. The Labute approximate surface area is 212 Å². The Morgan fingerprint density at radius 2 is 1.34 bits per heavy atom. The van der Waals surface area contributed by atoms with Gasteiger partial charge in [-0.3, -0.25) is 9.59 Å². The van der Waals surface area contributed by atoms with E-state index in [0.29, 0.717) is 16.0 Å². The van der Waals surface area contributed by atoms with Gasteiger partial charge < -0.3 is 30.1 Å². The predicted octanol–water partition coefficient (Wildman–Crippen LogP) is 2.44. The molecule has 4 heterocycles. The van der Waals surface area contributed by atoms with Crippen LogP contribution >= 0.6 is 22.7 Å². The number of thiazole rings is 2. The molecular weight excluding hydrogens is 486 g/mol. The van der Waals surface area contributed by atoms with Gasteiger partial charge in [-0.05, 0) is 32.4 Å². The van der Waals surface area contributed by atoms with Gasteiger partial charge in [0.2, 0.25) is 11.8 Å². The summed E-state index contributed by atoms with van der Waals surface area (Å²) in [6.07, 6.45) is 2.15. The van der Waals surface area contributed by atoms with E-state index in [2.05, 4.69) is 29.5 Å². The number of fused-ring (bicyclic) bond motifs is 2. The number of hydrogen-bond donors (Lipinski definition) is 2. The molecule has 0 bridgehead atoms. The van der Waals surface area contributed by atoms with Gasteiger partial charge in [-0.25, -0.2) is 9.97 Å². The minimum atomic E-state index is 0.0860. The molecule has 0 atom stereocenters. The van der Waals surface area contributed by atoms with Crippen molar-refractivity contribution in [2.45, 2.75) is 19.8 Å². The first kappa shape index (κ1) is 24.0. The number of aromatic nitrogens is 2. The average Bonchev–Trinajstić information content (AvgIpc) is 3.62. The summed E-state index contributed by atoms with van der Waals surface area (Å²) in [5.41, 5.74) is 2.55. The van der Waals surface area contributed by atoms with Gasteiger partial charge in [-0.15, -0.1) is 0 Å². The van der Waals surface area contributed by atoms with Crippen LogP contribution in [0.3, 0.4) is 0 Å². The molecule has 35 heavy (non-hydrogen) atoms. The molecule has 188 valence electrons. The maximum absolute atomic E-state index is 12.6. The molecule has 12 heteroatoms. The second-order valence-corrected chi connectivity index (χ2v) is 11.0. The minimum absolute atomic E-state index is 0.0860. The smallest absolute Gasteiger partial charge is 0.242 e. The highest BCUT2D eigenvalue weighted by Gasteiger charge is 2.23. The van der Waals surface area contributed by atoms with Crippen molar-refractivity contribution in [2.75, 3.05) is 77.1 Å². The second-order valence-electron chi connectivity index (χ2n) is 9.03. The lowest BCUT2D eigenvalue weighted by Gasteiger charge is -2.32. The number of carbonyl (C=O) groups excluding carboxylic acids is 2. The molecule has 0 spiro atoms. The van der Waals surface area contributed by atoms with E-state index in [0.717, 1.165) is 78.1 Å². The number of likely N-dealkylation sites (N-methyl/N-ethyl adjacent to an activating group) is 1. The lowest BCUT2D eigenvalue weighted by molar-refractivity contribution is -0.131. The zero-order chi connectivity index (χ0) is 24.5. The number of nitrogens with zero attached hydrogens (tertiary/aromatic N) is 5. The molecule has 0 radical (unpaired) electrons. The normalized spacial score (nSPS) is 16.9. The Kier molecular flexibility index (Phi) is 6.94. The van der Waals surface area contributed by atoms with Gasteiger partial charge in [0, 0.05) is 39.3 Å². The van der Waals surface area contributed by atoms with Gasteiger partial charge in [0.1, 0.15) is 11.0 Å². The van der Waals surface area contributed by atoms with Gasteiger partial charge >= 0.3 is 0 Å². The molecule has 3 aromatic rings. The number of ether oxygens (including phenoxy) is 1. The minimum Gasteiger partial charge on any atom is -0.492 e. The van der Waals surface area contributed by atoms with E-state index in [9.17, 15) is 9.59 Å². The molecule has 2 amide bonds. The molecule has 2 aliphatic heterocycles. The number of aryl methyl sites for hydroxylation is 1. The number of likely N-dealkylation sites (tertiary alicyclic amines) is 1. The number of hydrogen-bond acceptors (Lipinski definition) is 10. The number of anilines is 2. The molecule has 0 unspecified atom stereocenters. The Morgan fingerprint density at radius 3 is 1.83 bits per heavy atom. The summed E-state index contributed by atoms with van der Waals surface area (Å²) in [5.74, 6) is 0.809. The number of amides is 2. The van der Waals surface area contributed by atoms with Crippen molar-refractivity contribution in [1.82, 2.24) is 24.7 Å². The fraction of sp³-hybridized carbons (Fsp3) is 0.565. The number of nitrogens with one attached hydrogen (secondary N) is 2. The van der Waals surface area contributed by atoms with Crippen molar-refractivity contribution in [2.24, 2.45) is 0 Å². The van der Waals surface area contributed by atoms with Crippen molar-refractivity contribution in [3.05, 3.63) is 5.56 Å². The quantitative estimate of drug-likeness (QED) is 0.493. The van der Waals surface area contributed by atoms with Crippen LogP contribution < -0.4 is 15.4 Å². The van der Waals surface area contributed by atoms with E-state index >= 15 is 0 Å². The third-order valence-corrected chi connectivity index (χ3v) is 8.93. The van der Waals surface area contributed by atoms with E-state index in [1.165, 1.54) is 22.7 Å². The maximum Gasteiger partial charge on any atom is 0.242 e. The Bertz CT molecular complexity index is 1240. The van der Waals surface area contributed by atoms with Crippen LogP contribution in [0.25, 0.3) is 20.4 Å². The van der Waals surface area contributed by atoms with Gasteiger partial charge in [-0.1, -0.05) is 22.7 Å². The van der Waals surface area contributed by atoms with Crippen LogP contribution in [0, 0.1) is 6.92 Å². The van der Waals surface area contributed by atoms with Crippen molar-refractivity contribution in [3.8, 4) is 5.75 Å². The largest absolute Gasteiger partial charge is 0.492 e. The first-order valence-electron chi connectivity index (χ1n) is 11.9. The first-order chi connectivity index (χ1) is 16.9. The fourth-order valence-electron chi connectivity index (χ4n) is 4.56. The summed E-state index contributed by atoms with van der Waals surface area (Å²) in [4.78, 5) is 40.5. The van der Waals surface area contributed by atoms with Crippen LogP contribution in [0.15, 0.2) is 0 Å². The van der Waals surface area contributed by atoms with Gasteiger partial charge in [-0.2, -0.15) is 0 Å². The maximum atomic E-state index is 12.6. The highest BCUT2D eigenvalue weighted by atomic mass is 32.1. The molecule has 2 fully saturated rings. The van der Waals surface area contributed by atoms with E-state index in [-0.39, 0.29) is 24.9 Å². The molecule has 2 saturated heterocycles. The number of benzene rings is 1. The molecule has 0 saturated carbocycles. The fourth-order valence-corrected chi connectivity index (χ4v) is 6.56. The molecule has 10 nitrogen and oxygen atoms in total. The van der Waals surface area contributed by atoms with Crippen LogP contribution in [-0.2, 0) is 9.59 Å². The standard InChI is InChI=1S/C23H31N7O3S2/c1-14-20-17(26-22(34-20)24-12-15(31)29-6-4-5-7-29)19(33-3)18-21(14)35-23(27-18)25-13-16(32)30-10-8-28(2)9-11-30/h4-13H2,1-3H3,(H,24,26)(H,25,27). The molecule has 2 N–H and O–H groups in total. The van der Waals surface area contributed by atoms with Crippen LogP contribution in [0.5, 0.6) is 5.75 Å². The third kappa shape index (κ3) is 4.87. The van der Waals surface area contributed by atoms with Crippen molar-refractivity contribution < 1.29 is 14.3 Å². The third-order valence-electron chi connectivity index (χ3n) is 6.67. The van der Waals surface area contributed by atoms with E-state index in [1.54, 1.807) is 7.11 Å². The topological polar surface area (TPSA) is 103 Å². The highest BCUT2D eigenvalue weighted by molar-refractivity contribution is 7.24. The molecular formula is C23H31N7O3S2. The van der Waals surface area contributed by atoms with E-state index in [4.69, 9.17) is 14.7 Å². The molecule has 5 rings (SSSR count). The van der Waals surface area contributed by atoms with Gasteiger partial charge in [0.25, 0.3) is 0 Å². The second kappa shape index (κ2) is 10.1. The van der Waals surface area contributed by atoms with Crippen molar-refractivity contribution in [1.29, 1.82) is 0 Å². The van der Waals surface area contributed by atoms with E-state index < -0.39 is 0 Å². The SMILES string of the molecule is COc1c2nc(NCC(=O)N3CCCC3)sc2c(C)c2sc(NCC(=O)N3CCN(C)CC3)nc12. The van der Waals surface area contributed by atoms with E-state index in [1.807, 2.05) is 9.80 Å². The Morgan fingerprint density at radius 1 is 0.857 bits per heavy atom. The van der Waals surface area contributed by atoms with Crippen molar-refractivity contribution in [3.63, 3.8) is 0 Å². The van der Waals surface area contributed by atoms with Crippen LogP contribution in [0.4, 0.5) is 10.3 Å². The molecule has 1 aromatic carbocycles. The number of rotatable bonds is 7. The highest BCUT2D eigenvalue weighted by Crippen LogP contribution is 2.44. The van der Waals surface area contributed by atoms with Gasteiger partial charge in [0.05, 0.1) is 29.6 Å². The number of carbonyl (C=O) groups is 2. The van der Waals surface area contributed by atoms with Crippen molar-refractivity contribution >= 4 is 65.2 Å². The number of piperazine rings is 1. The lowest BCUT2D eigenvalue weighted by Crippen LogP contribution is -2.48. The monoisotopic (exact) mass is 517 g/mol. The van der Waals surface area contributed by atoms with Crippen LogP contribution in [0.1, 0.15) is 18.4 Å². The number of methoxy groups -OCH3 is 1. The summed E-state index contributed by atoms with van der Waals surface area (Å²) in [6, 6.07) is 0. The summed E-state index contributed by atoms with van der Waals surface area (Å²) in [7, 11) is 3.69. The predicted molar refractivity (Wildman–Crippen MR) is 141 cm³/mol. The van der Waals surface area contributed by atoms with Crippen LogP contribution in [-0.4, -0.2) is 103 Å². The Balaban J connectivity index is 1.32. The molecule has 0 aliphatic carbocycles. The summed E-state index contributed by atoms with van der Waals surface area (Å²) in [5, 5.41) is 7.80.